The van der Waals surface area contributed by atoms with Gasteiger partial charge in [-0.2, -0.15) is 0 Å². The standard InChI is InChI=1S/C24H20N3O.BF4/c1-2-8-17(9-3-1)19-11-6-7-13-21(19)27-16-26-23(25-27)15-28-22-14-18-10-4-5-12-20(18)24(22)26;2-1(3,4)5/h1-13,16,22,24H,14-15H2;/q+1;-1/t22-,24+;/m1./s1. The molecular formula is C24H20BF4N3O. The molecule has 4 aromatic rings. The molecule has 2 atom stereocenters. The van der Waals surface area contributed by atoms with Crippen LogP contribution in [0.2, 0.25) is 0 Å². The third-order valence-electron chi connectivity index (χ3n) is 5.86. The summed E-state index contributed by atoms with van der Waals surface area (Å²) in [7, 11) is -6.00. The van der Waals surface area contributed by atoms with E-state index in [1.54, 1.807) is 0 Å². The normalized spacial score (nSPS) is 18.5. The predicted molar refractivity (Wildman–Crippen MR) is 116 cm³/mol. The molecule has 1 aromatic heterocycles. The fourth-order valence-corrected chi connectivity index (χ4v) is 4.57. The minimum atomic E-state index is -6.00. The van der Waals surface area contributed by atoms with E-state index in [1.165, 1.54) is 22.3 Å². The Labute approximate surface area is 188 Å². The van der Waals surface area contributed by atoms with Crippen LogP contribution in [0.25, 0.3) is 16.8 Å². The average molecular weight is 453 g/mol. The van der Waals surface area contributed by atoms with Gasteiger partial charge in [0.15, 0.2) is 0 Å². The second-order valence-corrected chi connectivity index (χ2v) is 7.96. The van der Waals surface area contributed by atoms with Crippen molar-refractivity contribution in [1.82, 2.24) is 9.78 Å². The molecule has 0 N–H and O–H groups in total. The summed E-state index contributed by atoms with van der Waals surface area (Å²) >= 11 is 0. The number of halogens is 4. The van der Waals surface area contributed by atoms with E-state index in [1.807, 2.05) is 10.7 Å². The van der Waals surface area contributed by atoms with Crippen molar-refractivity contribution in [3.05, 3.63) is 102 Å². The lowest BCUT2D eigenvalue weighted by atomic mass is 10.0. The molecule has 0 saturated carbocycles. The summed E-state index contributed by atoms with van der Waals surface area (Å²) in [5.41, 5.74) is 6.19. The van der Waals surface area contributed by atoms with Crippen molar-refractivity contribution in [2.45, 2.75) is 25.2 Å². The van der Waals surface area contributed by atoms with Crippen LogP contribution < -0.4 is 4.57 Å². The van der Waals surface area contributed by atoms with Gasteiger partial charge in [-0.25, -0.2) is 4.57 Å². The first-order valence-corrected chi connectivity index (χ1v) is 10.6. The Balaban J connectivity index is 0.000000416. The van der Waals surface area contributed by atoms with E-state index < -0.39 is 7.25 Å². The lowest BCUT2D eigenvalue weighted by molar-refractivity contribution is -0.739. The fourth-order valence-electron chi connectivity index (χ4n) is 4.57. The lowest BCUT2D eigenvalue weighted by Gasteiger charge is -2.23. The Morgan fingerprint density at radius 1 is 0.879 bits per heavy atom. The smallest absolute Gasteiger partial charge is 0.418 e. The highest BCUT2D eigenvalue weighted by Gasteiger charge is 2.43. The summed E-state index contributed by atoms with van der Waals surface area (Å²) in [6.45, 7) is 0.551. The number of nitrogens with zero attached hydrogens (tertiary/aromatic N) is 3. The Hall–Kier alpha value is -3.46. The maximum absolute atomic E-state index is 9.75. The summed E-state index contributed by atoms with van der Waals surface area (Å²) in [5.74, 6) is 0.973. The van der Waals surface area contributed by atoms with Crippen LogP contribution in [0.3, 0.4) is 0 Å². The van der Waals surface area contributed by atoms with Gasteiger partial charge in [-0.3, -0.25) is 0 Å². The van der Waals surface area contributed by atoms with E-state index in [9.17, 15) is 17.3 Å². The summed E-state index contributed by atoms with van der Waals surface area (Å²) in [6.07, 6.45) is 3.30. The van der Waals surface area contributed by atoms with Gasteiger partial charge >= 0.3 is 13.1 Å². The van der Waals surface area contributed by atoms with Crippen molar-refractivity contribution in [2.24, 2.45) is 0 Å². The number of benzene rings is 3. The van der Waals surface area contributed by atoms with Gasteiger partial charge < -0.3 is 22.0 Å². The first kappa shape index (κ1) is 21.4. The number of para-hydroxylation sites is 1. The molecule has 0 fully saturated rings. The van der Waals surface area contributed by atoms with Gasteiger partial charge in [0.2, 0.25) is 6.33 Å². The zero-order valence-electron chi connectivity index (χ0n) is 17.5. The monoisotopic (exact) mass is 453 g/mol. The van der Waals surface area contributed by atoms with Crippen LogP contribution in [0.1, 0.15) is 23.0 Å². The van der Waals surface area contributed by atoms with Gasteiger partial charge in [0.1, 0.15) is 24.4 Å². The van der Waals surface area contributed by atoms with Crippen LogP contribution >= 0.6 is 0 Å². The van der Waals surface area contributed by atoms with Gasteiger partial charge in [-0.1, -0.05) is 77.5 Å². The van der Waals surface area contributed by atoms with E-state index in [4.69, 9.17) is 9.84 Å². The quantitative estimate of drug-likeness (QED) is 0.238. The van der Waals surface area contributed by atoms with Crippen molar-refractivity contribution in [2.75, 3.05) is 0 Å². The highest BCUT2D eigenvalue weighted by Crippen LogP contribution is 2.36. The van der Waals surface area contributed by atoms with Crippen LogP contribution in [0.15, 0.2) is 85.2 Å². The van der Waals surface area contributed by atoms with Crippen LogP contribution in [-0.4, -0.2) is 23.1 Å². The number of ether oxygens (including phenoxy) is 1. The molecule has 168 valence electrons. The molecule has 1 aliphatic heterocycles. The third-order valence-corrected chi connectivity index (χ3v) is 5.86. The van der Waals surface area contributed by atoms with Crippen molar-refractivity contribution in [1.29, 1.82) is 0 Å². The minimum Gasteiger partial charge on any atom is -0.418 e. The largest absolute Gasteiger partial charge is 0.673 e. The summed E-state index contributed by atoms with van der Waals surface area (Å²) in [6, 6.07) is 27.8. The molecule has 1 aliphatic carbocycles. The third kappa shape index (κ3) is 4.41. The maximum Gasteiger partial charge on any atom is 0.673 e. The van der Waals surface area contributed by atoms with E-state index >= 15 is 0 Å². The average Bonchev–Trinajstić information content (AvgIpc) is 3.39. The van der Waals surface area contributed by atoms with Gasteiger partial charge in [0.25, 0.3) is 0 Å². The number of rotatable bonds is 2. The van der Waals surface area contributed by atoms with Crippen molar-refractivity contribution >= 4 is 7.25 Å². The molecule has 2 heterocycles. The zero-order chi connectivity index (χ0) is 23.0. The second-order valence-electron chi connectivity index (χ2n) is 7.96. The molecule has 0 amide bonds. The maximum atomic E-state index is 9.75. The van der Waals surface area contributed by atoms with Crippen molar-refractivity contribution in [3.8, 4) is 16.8 Å². The number of fused-ring (bicyclic) bond motifs is 5. The van der Waals surface area contributed by atoms with Gasteiger partial charge in [0.05, 0.1) is 0 Å². The molecule has 0 spiro atoms. The summed E-state index contributed by atoms with van der Waals surface area (Å²) < 4.78 is 49.5. The molecule has 33 heavy (non-hydrogen) atoms. The van der Waals surface area contributed by atoms with E-state index in [2.05, 4.69) is 83.7 Å². The number of hydrogen-bond acceptors (Lipinski definition) is 2. The topological polar surface area (TPSA) is 30.9 Å². The Kier molecular flexibility index (Phi) is 5.50. The van der Waals surface area contributed by atoms with E-state index in [0.29, 0.717) is 6.61 Å². The Morgan fingerprint density at radius 3 is 2.33 bits per heavy atom. The molecule has 4 nitrogen and oxygen atoms in total. The second kappa shape index (κ2) is 8.48. The Morgan fingerprint density at radius 2 is 1.55 bits per heavy atom. The molecule has 9 heteroatoms. The van der Waals surface area contributed by atoms with Crippen molar-refractivity contribution < 1.29 is 26.6 Å². The molecule has 0 radical (unpaired) electrons. The van der Waals surface area contributed by atoms with Crippen LogP contribution in [0, 0.1) is 0 Å². The highest BCUT2D eigenvalue weighted by atomic mass is 19.5. The van der Waals surface area contributed by atoms with Gasteiger partial charge in [-0.15, -0.1) is 0 Å². The molecule has 0 bridgehead atoms. The predicted octanol–water partition coefficient (Wildman–Crippen LogP) is 5.17. The summed E-state index contributed by atoms with van der Waals surface area (Å²) in [5, 5.41) is 4.90. The molecule has 6 rings (SSSR count). The summed E-state index contributed by atoms with van der Waals surface area (Å²) in [4.78, 5) is 0. The minimum absolute atomic E-state index is 0.192. The first-order chi connectivity index (χ1) is 15.9. The first-order valence-electron chi connectivity index (χ1n) is 10.6. The number of hydrogen-bond donors (Lipinski definition) is 0. The molecule has 0 saturated heterocycles. The van der Waals surface area contributed by atoms with Crippen LogP contribution in [0.4, 0.5) is 17.3 Å². The van der Waals surface area contributed by atoms with Crippen LogP contribution in [-0.2, 0) is 17.8 Å². The lowest BCUT2D eigenvalue weighted by Crippen LogP contribution is -2.51. The SMILES string of the molecule is F[B-](F)(F)F.c1ccc(-c2ccccc2-n2c[n+]3c(n2)CO[C@@H]2Cc4ccccc4[C@@H]23)cc1. The van der Waals surface area contributed by atoms with E-state index in [-0.39, 0.29) is 12.1 Å². The molecular weight excluding hydrogens is 433 g/mol. The van der Waals surface area contributed by atoms with Gasteiger partial charge in [-0.05, 0) is 22.8 Å². The highest BCUT2D eigenvalue weighted by molar-refractivity contribution is 6.50. The Bertz CT molecular complexity index is 1270. The van der Waals surface area contributed by atoms with Crippen LogP contribution in [0.5, 0.6) is 0 Å². The molecule has 2 aliphatic rings. The van der Waals surface area contributed by atoms with Crippen molar-refractivity contribution in [3.63, 3.8) is 0 Å². The van der Waals surface area contributed by atoms with E-state index in [0.717, 1.165) is 17.9 Å². The molecule has 3 aromatic carbocycles. The zero-order valence-corrected chi connectivity index (χ0v) is 17.5. The molecule has 0 unspecified atom stereocenters. The fraction of sp³-hybridized carbons (Fsp3) is 0.167. The number of aromatic nitrogens is 3. The van der Waals surface area contributed by atoms with Gasteiger partial charge in [0, 0.05) is 17.1 Å².